The van der Waals surface area contributed by atoms with Crippen LogP contribution < -0.4 is 18.9 Å². The molecule has 0 N–H and O–H groups in total. The van der Waals surface area contributed by atoms with Crippen LogP contribution in [0.4, 0.5) is 0 Å². The van der Waals surface area contributed by atoms with Gasteiger partial charge in [-0.3, -0.25) is 9.80 Å². The molecule has 0 spiro atoms. The Labute approximate surface area is 401 Å². The number of nitrogens with zero attached hydrogens (tertiary/aromatic N) is 6. The van der Waals surface area contributed by atoms with Crippen LogP contribution in [-0.2, 0) is 45.2 Å². The molecule has 0 saturated carbocycles. The second kappa shape index (κ2) is 24.8. The van der Waals surface area contributed by atoms with Crippen LogP contribution in [0.2, 0.25) is 0 Å². The van der Waals surface area contributed by atoms with Crippen molar-refractivity contribution in [1.82, 2.24) is 28.9 Å². The fraction of sp³-hybridized carbons (Fsp3) is 0.481. The van der Waals surface area contributed by atoms with E-state index in [1.165, 1.54) is 38.5 Å². The Hall–Kier alpha value is -6.12. The maximum absolute atomic E-state index is 11.7. The first-order valence-electron chi connectivity index (χ1n) is 24.5. The summed E-state index contributed by atoms with van der Waals surface area (Å²) in [4.78, 5) is 38.2. The van der Waals surface area contributed by atoms with Crippen molar-refractivity contribution in [1.29, 1.82) is 0 Å². The monoisotopic (exact) mass is 931 g/mol. The maximum atomic E-state index is 11.7. The van der Waals surface area contributed by atoms with Crippen LogP contribution in [0.25, 0.3) is 22.1 Å². The Morgan fingerprint density at radius 3 is 1.44 bits per heavy atom. The molecule has 14 heteroatoms. The van der Waals surface area contributed by atoms with Crippen LogP contribution in [-0.4, -0.2) is 107 Å². The largest absolute Gasteiger partial charge is 0.491 e. The summed E-state index contributed by atoms with van der Waals surface area (Å²) < 4.78 is 38.2. The number of aromatic nitrogens is 4. The molecule has 364 valence electrons. The van der Waals surface area contributed by atoms with Gasteiger partial charge in [-0.15, -0.1) is 0 Å². The summed E-state index contributed by atoms with van der Waals surface area (Å²) in [5, 5.41) is 0. The predicted molar refractivity (Wildman–Crippen MR) is 265 cm³/mol. The third kappa shape index (κ3) is 13.5. The number of fused-ring (bicyclic) bond motifs is 2. The second-order valence-electron chi connectivity index (χ2n) is 17.7. The lowest BCUT2D eigenvalue weighted by molar-refractivity contribution is -0.146. The lowest BCUT2D eigenvalue weighted by Crippen LogP contribution is -2.30. The average molecular weight is 931 g/mol. The number of esters is 2. The molecule has 4 heterocycles. The summed E-state index contributed by atoms with van der Waals surface area (Å²) in [5.74, 6) is 4.46. The molecule has 0 radical (unpaired) electrons. The third-order valence-corrected chi connectivity index (χ3v) is 12.5. The van der Waals surface area contributed by atoms with Crippen LogP contribution in [0, 0.1) is 27.7 Å². The van der Waals surface area contributed by atoms with E-state index >= 15 is 0 Å². The van der Waals surface area contributed by atoms with Crippen LogP contribution >= 0.6 is 0 Å². The average Bonchev–Trinajstić information content (AvgIpc) is 3.85. The number of piperidine rings is 2. The molecule has 2 aromatic heterocycles. The van der Waals surface area contributed by atoms with Gasteiger partial charge in [0, 0.05) is 12.1 Å². The summed E-state index contributed by atoms with van der Waals surface area (Å²) >= 11 is 0. The Balaban J connectivity index is 0.000000201. The van der Waals surface area contributed by atoms with E-state index in [-0.39, 0.29) is 25.2 Å². The fourth-order valence-electron chi connectivity index (χ4n) is 9.09. The van der Waals surface area contributed by atoms with Gasteiger partial charge in [-0.2, -0.15) is 0 Å². The molecule has 0 aliphatic carbocycles. The number of aryl methyl sites for hydroxylation is 4. The first kappa shape index (κ1) is 49.8. The smallest absolute Gasteiger partial charge is 0.344 e. The Bertz CT molecular complexity index is 2530. The van der Waals surface area contributed by atoms with Gasteiger partial charge in [-0.1, -0.05) is 49.2 Å². The van der Waals surface area contributed by atoms with E-state index in [1.807, 2.05) is 36.4 Å². The Morgan fingerprint density at radius 1 is 0.515 bits per heavy atom. The molecule has 0 atom stereocenters. The van der Waals surface area contributed by atoms with Crippen molar-refractivity contribution in [2.24, 2.45) is 0 Å². The zero-order chi connectivity index (χ0) is 47.8. The molecule has 2 fully saturated rings. The number of carbonyl (C=O) groups excluding carboxylic acids is 2. The number of imidazole rings is 2. The van der Waals surface area contributed by atoms with E-state index in [1.54, 1.807) is 13.8 Å². The highest BCUT2D eigenvalue weighted by Crippen LogP contribution is 2.28. The summed E-state index contributed by atoms with van der Waals surface area (Å²) in [6.07, 6.45) is 7.56. The highest BCUT2D eigenvalue weighted by molar-refractivity contribution is 5.79. The summed E-state index contributed by atoms with van der Waals surface area (Å²) in [6.45, 7) is 20.9. The first-order valence-corrected chi connectivity index (χ1v) is 24.5. The molecule has 2 saturated heterocycles. The van der Waals surface area contributed by atoms with E-state index in [0.29, 0.717) is 51.0 Å². The number of ether oxygens (including phenoxy) is 6. The van der Waals surface area contributed by atoms with Crippen molar-refractivity contribution >= 4 is 34.0 Å². The van der Waals surface area contributed by atoms with Gasteiger partial charge >= 0.3 is 11.9 Å². The lowest BCUT2D eigenvalue weighted by Gasteiger charge is -2.26. The Morgan fingerprint density at radius 2 is 0.956 bits per heavy atom. The maximum Gasteiger partial charge on any atom is 0.344 e. The minimum absolute atomic E-state index is 0.107. The minimum atomic E-state index is -0.373. The molecule has 4 aromatic carbocycles. The van der Waals surface area contributed by atoms with Crippen LogP contribution in [0.5, 0.6) is 23.0 Å². The van der Waals surface area contributed by atoms with Crippen molar-refractivity contribution in [3.63, 3.8) is 0 Å². The van der Waals surface area contributed by atoms with E-state index < -0.39 is 0 Å². The van der Waals surface area contributed by atoms with E-state index in [2.05, 4.69) is 83.0 Å². The molecule has 14 nitrogen and oxygen atoms in total. The van der Waals surface area contributed by atoms with Gasteiger partial charge in [0.1, 0.15) is 47.9 Å². The van der Waals surface area contributed by atoms with E-state index in [4.69, 9.17) is 38.4 Å². The predicted octanol–water partition coefficient (Wildman–Crippen LogP) is 9.32. The zero-order valence-electron chi connectivity index (χ0n) is 41.0. The topological polar surface area (TPSA) is 132 Å². The SMILES string of the molecule is CCOC(=O)COc1ccc2c(c1)nc(CN1CCCCC1)n2CCOc1c(C)cccc1C.CCOC(=O)COc1ccc2nc(CN3CCCCC3)n(CCOc3c(C)cccc3C)c2c1. The van der Waals surface area contributed by atoms with E-state index in [0.717, 1.165) is 107 Å². The number of hydrogen-bond donors (Lipinski definition) is 0. The fourth-order valence-corrected chi connectivity index (χ4v) is 9.09. The summed E-state index contributed by atoms with van der Waals surface area (Å²) in [6, 6.07) is 24.0. The van der Waals surface area contributed by atoms with Gasteiger partial charge in [-0.05, 0) is 140 Å². The van der Waals surface area contributed by atoms with Crippen molar-refractivity contribution in [3.05, 3.63) is 107 Å². The van der Waals surface area contributed by atoms with Gasteiger partial charge in [-0.25, -0.2) is 19.6 Å². The van der Waals surface area contributed by atoms with Crippen LogP contribution in [0.1, 0.15) is 86.3 Å². The number of carbonyl (C=O) groups is 2. The van der Waals surface area contributed by atoms with Gasteiger partial charge in [0.15, 0.2) is 13.2 Å². The molecule has 6 aromatic rings. The quantitative estimate of drug-likeness (QED) is 0.0677. The molecule has 0 bridgehead atoms. The van der Waals surface area contributed by atoms with Gasteiger partial charge < -0.3 is 37.6 Å². The highest BCUT2D eigenvalue weighted by atomic mass is 16.6. The summed E-state index contributed by atoms with van der Waals surface area (Å²) in [7, 11) is 0. The molecule has 2 aliphatic heterocycles. The molecule has 8 rings (SSSR count). The molecular weight excluding hydrogens is 861 g/mol. The number of para-hydroxylation sites is 2. The zero-order valence-corrected chi connectivity index (χ0v) is 41.0. The van der Waals surface area contributed by atoms with Crippen molar-refractivity contribution in [2.75, 3.05) is 65.8 Å². The second-order valence-corrected chi connectivity index (χ2v) is 17.7. The third-order valence-electron chi connectivity index (χ3n) is 12.5. The standard InChI is InChI=1S/2C27H35N3O4/c1-4-32-26(31)19-34-22-11-12-24-23(17-22)28-25(18-29-13-6-5-7-14-29)30(24)15-16-33-27-20(2)9-8-10-21(27)3;1-4-32-26(31)19-34-22-11-12-23-24(17-22)30(25(28-23)18-29-13-6-5-7-14-29)15-16-33-27-20(2)9-8-10-21(27)3/h2*8-12,17H,4-7,13-16,18-19H2,1-3H3. The van der Waals surface area contributed by atoms with Crippen molar-refractivity contribution in [2.45, 2.75) is 106 Å². The molecular formula is C54H70N6O8. The number of rotatable bonds is 20. The number of benzene rings is 4. The van der Waals surface area contributed by atoms with Crippen molar-refractivity contribution in [3.8, 4) is 23.0 Å². The first-order chi connectivity index (χ1) is 33.1. The number of likely N-dealkylation sites (tertiary alicyclic amines) is 2. The number of hydrogen-bond acceptors (Lipinski definition) is 12. The van der Waals surface area contributed by atoms with E-state index in [9.17, 15) is 9.59 Å². The Kier molecular flexibility index (Phi) is 18.1. The van der Waals surface area contributed by atoms with Gasteiger partial charge in [0.2, 0.25) is 0 Å². The van der Waals surface area contributed by atoms with Crippen LogP contribution in [0.15, 0.2) is 72.8 Å². The summed E-state index contributed by atoms with van der Waals surface area (Å²) in [5.41, 5.74) is 8.37. The van der Waals surface area contributed by atoms with Gasteiger partial charge in [0.25, 0.3) is 0 Å². The minimum Gasteiger partial charge on any atom is -0.491 e. The molecule has 0 unspecified atom stereocenters. The lowest BCUT2D eigenvalue weighted by atomic mass is 10.1. The van der Waals surface area contributed by atoms with Gasteiger partial charge in [0.05, 0.1) is 61.5 Å². The van der Waals surface area contributed by atoms with Crippen LogP contribution in [0.3, 0.4) is 0 Å². The van der Waals surface area contributed by atoms with Crippen molar-refractivity contribution < 1.29 is 38.0 Å². The highest BCUT2D eigenvalue weighted by Gasteiger charge is 2.20. The molecule has 68 heavy (non-hydrogen) atoms. The molecule has 0 amide bonds. The normalized spacial score (nSPS) is 14.3. The molecule has 2 aliphatic rings.